The molecule has 0 bridgehead atoms. The third-order valence-electron chi connectivity index (χ3n) is 3.51. The van der Waals surface area contributed by atoms with Crippen molar-refractivity contribution in [3.63, 3.8) is 0 Å². The Morgan fingerprint density at radius 2 is 2.39 bits per heavy atom. The Hall–Kier alpha value is -1.06. The van der Waals surface area contributed by atoms with E-state index in [1.54, 1.807) is 0 Å². The maximum absolute atomic E-state index is 6.00. The van der Waals surface area contributed by atoms with Crippen molar-refractivity contribution in [1.29, 1.82) is 0 Å². The normalized spacial score (nSPS) is 19.8. The summed E-state index contributed by atoms with van der Waals surface area (Å²) in [7, 11) is 0. The molecule has 0 spiro atoms. The zero-order valence-electron chi connectivity index (χ0n) is 10.5. The van der Waals surface area contributed by atoms with Crippen molar-refractivity contribution in [2.24, 2.45) is 0 Å². The summed E-state index contributed by atoms with van der Waals surface area (Å²) in [4.78, 5) is 4.59. The summed E-state index contributed by atoms with van der Waals surface area (Å²) >= 11 is 6.00. The molecule has 1 aromatic heterocycles. The van der Waals surface area contributed by atoms with Gasteiger partial charge in [-0.15, -0.1) is 11.6 Å². The van der Waals surface area contributed by atoms with E-state index < -0.39 is 0 Å². The number of nitrogens with zero attached hydrogens (tertiary/aromatic N) is 2. The molecule has 1 aromatic carbocycles. The van der Waals surface area contributed by atoms with Gasteiger partial charge < -0.3 is 9.30 Å². The Morgan fingerprint density at radius 1 is 1.50 bits per heavy atom. The second kappa shape index (κ2) is 4.90. The van der Waals surface area contributed by atoms with E-state index in [9.17, 15) is 0 Å². The van der Waals surface area contributed by atoms with Crippen LogP contribution in [0.15, 0.2) is 18.2 Å². The zero-order valence-corrected chi connectivity index (χ0v) is 11.3. The van der Waals surface area contributed by atoms with Gasteiger partial charge >= 0.3 is 0 Å². The molecule has 1 aliphatic rings. The summed E-state index contributed by atoms with van der Waals surface area (Å²) in [6, 6.07) is 6.32. The summed E-state index contributed by atoms with van der Waals surface area (Å²) < 4.78 is 7.93. The van der Waals surface area contributed by atoms with E-state index in [2.05, 4.69) is 34.7 Å². The Labute approximate surface area is 112 Å². The molecule has 0 saturated carbocycles. The molecule has 1 aliphatic heterocycles. The van der Waals surface area contributed by atoms with Gasteiger partial charge in [-0.05, 0) is 37.5 Å². The van der Waals surface area contributed by atoms with Crippen molar-refractivity contribution in [3.05, 3.63) is 29.6 Å². The Kier molecular flexibility index (Phi) is 3.27. The van der Waals surface area contributed by atoms with E-state index in [-0.39, 0.29) is 0 Å². The monoisotopic (exact) mass is 264 g/mol. The van der Waals surface area contributed by atoms with E-state index >= 15 is 0 Å². The number of rotatable bonds is 3. The van der Waals surface area contributed by atoms with Crippen LogP contribution in [0.5, 0.6) is 0 Å². The molecule has 0 amide bonds. The number of ether oxygens (including phenoxy) is 1. The summed E-state index contributed by atoms with van der Waals surface area (Å²) in [5, 5.41) is 0. The molecule has 2 heterocycles. The number of hydrogen-bond acceptors (Lipinski definition) is 2. The Morgan fingerprint density at radius 3 is 3.11 bits per heavy atom. The average molecular weight is 265 g/mol. The van der Waals surface area contributed by atoms with Crippen LogP contribution in [-0.2, 0) is 17.2 Å². The molecule has 3 nitrogen and oxygen atoms in total. The van der Waals surface area contributed by atoms with Crippen LogP contribution in [0.1, 0.15) is 24.2 Å². The predicted octanol–water partition coefficient (Wildman–Crippen LogP) is 3.26. The highest BCUT2D eigenvalue weighted by Gasteiger charge is 2.19. The van der Waals surface area contributed by atoms with Gasteiger partial charge in [-0.1, -0.05) is 6.07 Å². The van der Waals surface area contributed by atoms with Gasteiger partial charge in [-0.3, -0.25) is 0 Å². The van der Waals surface area contributed by atoms with E-state index in [1.807, 2.05) is 0 Å². The maximum Gasteiger partial charge on any atom is 0.124 e. The third kappa shape index (κ3) is 2.13. The molecule has 1 unspecified atom stereocenters. The molecule has 2 aromatic rings. The quantitative estimate of drug-likeness (QED) is 0.796. The van der Waals surface area contributed by atoms with E-state index in [4.69, 9.17) is 16.3 Å². The molecule has 1 atom stereocenters. The van der Waals surface area contributed by atoms with Crippen molar-refractivity contribution in [1.82, 2.24) is 9.55 Å². The first-order valence-corrected chi connectivity index (χ1v) is 6.94. The predicted molar refractivity (Wildman–Crippen MR) is 73.0 cm³/mol. The molecule has 0 aliphatic carbocycles. The number of aromatic nitrogens is 2. The van der Waals surface area contributed by atoms with Crippen LogP contribution in [0.4, 0.5) is 0 Å². The van der Waals surface area contributed by atoms with Crippen LogP contribution < -0.4 is 0 Å². The number of alkyl halides is 1. The molecule has 96 valence electrons. The first kappa shape index (κ1) is 12.0. The van der Waals surface area contributed by atoms with Crippen LogP contribution >= 0.6 is 11.6 Å². The molecule has 18 heavy (non-hydrogen) atoms. The molecule has 0 radical (unpaired) electrons. The highest BCUT2D eigenvalue weighted by Crippen LogP contribution is 2.22. The van der Waals surface area contributed by atoms with Gasteiger partial charge in [0.25, 0.3) is 0 Å². The van der Waals surface area contributed by atoms with Gasteiger partial charge in [0, 0.05) is 6.61 Å². The fraction of sp³-hybridized carbons (Fsp3) is 0.500. The topological polar surface area (TPSA) is 27.1 Å². The number of halogens is 1. The molecule has 1 fully saturated rings. The summed E-state index contributed by atoms with van der Waals surface area (Å²) in [6.07, 6.45) is 2.60. The highest BCUT2D eigenvalue weighted by molar-refractivity contribution is 6.16. The van der Waals surface area contributed by atoms with Crippen molar-refractivity contribution in [3.8, 4) is 0 Å². The molecule has 3 rings (SSSR count). The van der Waals surface area contributed by atoms with Crippen LogP contribution in [0.25, 0.3) is 11.0 Å². The van der Waals surface area contributed by atoms with Crippen molar-refractivity contribution in [2.45, 2.75) is 38.3 Å². The van der Waals surface area contributed by atoms with Gasteiger partial charge in [0.1, 0.15) is 5.82 Å². The Balaban J connectivity index is 2.03. The largest absolute Gasteiger partial charge is 0.376 e. The first-order valence-electron chi connectivity index (χ1n) is 6.41. The minimum atomic E-state index is 0.310. The van der Waals surface area contributed by atoms with Gasteiger partial charge in [0.15, 0.2) is 0 Å². The average Bonchev–Trinajstić information content (AvgIpc) is 2.98. The van der Waals surface area contributed by atoms with Crippen LogP contribution in [0.3, 0.4) is 0 Å². The molecular formula is C14H17ClN2O. The van der Waals surface area contributed by atoms with E-state index in [1.165, 1.54) is 11.1 Å². The highest BCUT2D eigenvalue weighted by atomic mass is 35.5. The van der Waals surface area contributed by atoms with Gasteiger partial charge in [0.05, 0.1) is 29.6 Å². The third-order valence-corrected chi connectivity index (χ3v) is 3.75. The second-order valence-electron chi connectivity index (χ2n) is 4.90. The molecule has 1 saturated heterocycles. The molecule has 0 N–H and O–H groups in total. The van der Waals surface area contributed by atoms with Gasteiger partial charge in [0.2, 0.25) is 0 Å². The standard InChI is InChI=1S/C14H17ClN2O/c1-10-4-5-12-13(7-10)17(14(8-15)16-12)9-11-3-2-6-18-11/h4-5,7,11H,2-3,6,8-9H2,1H3. The minimum Gasteiger partial charge on any atom is -0.376 e. The summed E-state index contributed by atoms with van der Waals surface area (Å²) in [5.74, 6) is 1.38. The van der Waals surface area contributed by atoms with Crippen molar-refractivity contribution >= 4 is 22.6 Å². The van der Waals surface area contributed by atoms with E-state index in [0.29, 0.717) is 12.0 Å². The van der Waals surface area contributed by atoms with Gasteiger partial charge in [-0.25, -0.2) is 4.98 Å². The van der Waals surface area contributed by atoms with Crippen molar-refractivity contribution in [2.75, 3.05) is 6.61 Å². The lowest BCUT2D eigenvalue weighted by Gasteiger charge is -2.13. The van der Waals surface area contributed by atoms with Gasteiger partial charge in [-0.2, -0.15) is 0 Å². The maximum atomic E-state index is 6.00. The lowest BCUT2D eigenvalue weighted by molar-refractivity contribution is 0.0974. The molecular weight excluding hydrogens is 248 g/mol. The zero-order chi connectivity index (χ0) is 12.5. The smallest absolute Gasteiger partial charge is 0.124 e. The van der Waals surface area contributed by atoms with Crippen LogP contribution in [0, 0.1) is 6.92 Å². The number of aryl methyl sites for hydroxylation is 1. The van der Waals surface area contributed by atoms with Crippen LogP contribution in [0.2, 0.25) is 0 Å². The number of fused-ring (bicyclic) bond motifs is 1. The van der Waals surface area contributed by atoms with Crippen LogP contribution in [-0.4, -0.2) is 22.3 Å². The lowest BCUT2D eigenvalue weighted by atomic mass is 10.2. The van der Waals surface area contributed by atoms with Crippen molar-refractivity contribution < 1.29 is 4.74 Å². The SMILES string of the molecule is Cc1ccc2nc(CCl)n(CC3CCCO3)c2c1. The summed E-state index contributed by atoms with van der Waals surface area (Å²) in [5.41, 5.74) is 3.44. The minimum absolute atomic E-state index is 0.310. The summed E-state index contributed by atoms with van der Waals surface area (Å²) in [6.45, 7) is 3.84. The number of benzene rings is 1. The Bertz CT molecular complexity index is 558. The number of hydrogen-bond donors (Lipinski definition) is 0. The fourth-order valence-corrected chi connectivity index (χ4v) is 2.78. The fourth-order valence-electron chi connectivity index (χ4n) is 2.58. The van der Waals surface area contributed by atoms with E-state index in [0.717, 1.165) is 37.3 Å². The molecule has 4 heteroatoms. The number of imidazole rings is 1. The second-order valence-corrected chi connectivity index (χ2v) is 5.17. The first-order chi connectivity index (χ1) is 8.78. The lowest BCUT2D eigenvalue weighted by Crippen LogP contribution is -2.16.